The molecule has 2 aromatic heterocycles. The highest BCUT2D eigenvalue weighted by atomic mass is 32.2. The van der Waals surface area contributed by atoms with Crippen LogP contribution in [-0.2, 0) is 19.2 Å². The summed E-state index contributed by atoms with van der Waals surface area (Å²) in [7, 11) is 1.43. The predicted octanol–water partition coefficient (Wildman–Crippen LogP) is 1.65. The molecule has 0 aliphatic carbocycles. The van der Waals surface area contributed by atoms with Crippen molar-refractivity contribution in [3.63, 3.8) is 0 Å². The van der Waals surface area contributed by atoms with Crippen LogP contribution in [0.5, 0.6) is 0 Å². The molecule has 0 aliphatic heterocycles. The minimum Gasteiger partial charge on any atom is -0.416 e. The monoisotopic (exact) mass is 344 g/mol. The van der Waals surface area contributed by atoms with E-state index < -0.39 is 5.69 Å². The van der Waals surface area contributed by atoms with E-state index in [2.05, 4.69) is 15.2 Å². The van der Waals surface area contributed by atoms with E-state index in [1.54, 1.807) is 6.92 Å². The molecule has 0 unspecified atom stereocenters. The van der Waals surface area contributed by atoms with E-state index in [4.69, 9.17) is 4.42 Å². The fourth-order valence-corrected chi connectivity index (χ4v) is 2.96. The van der Waals surface area contributed by atoms with Crippen LogP contribution in [0, 0.1) is 6.92 Å². The number of aryl methyl sites for hydroxylation is 1. The van der Waals surface area contributed by atoms with Crippen molar-refractivity contribution in [3.05, 3.63) is 73.9 Å². The number of H-pyrrole nitrogens is 1. The number of hydrogen-bond donors (Lipinski definition) is 1. The molecular formula is C16H16N4O3S. The highest BCUT2D eigenvalue weighted by molar-refractivity contribution is 7.98. The lowest BCUT2D eigenvalue weighted by molar-refractivity contribution is 0.419. The quantitative estimate of drug-likeness (QED) is 0.707. The molecule has 0 aliphatic rings. The predicted molar refractivity (Wildman–Crippen MR) is 90.1 cm³/mol. The van der Waals surface area contributed by atoms with Gasteiger partial charge in [0.25, 0.3) is 10.8 Å². The van der Waals surface area contributed by atoms with Crippen LogP contribution in [0.25, 0.3) is 0 Å². The van der Waals surface area contributed by atoms with Crippen molar-refractivity contribution in [2.75, 3.05) is 0 Å². The fourth-order valence-electron chi connectivity index (χ4n) is 2.22. The van der Waals surface area contributed by atoms with E-state index in [1.807, 2.05) is 30.3 Å². The molecule has 1 aromatic carbocycles. The lowest BCUT2D eigenvalue weighted by atomic mass is 10.2. The highest BCUT2D eigenvalue weighted by Crippen LogP contribution is 2.21. The van der Waals surface area contributed by atoms with Crippen molar-refractivity contribution in [2.24, 2.45) is 7.05 Å². The maximum atomic E-state index is 12.2. The number of thioether (sulfide) groups is 1. The van der Waals surface area contributed by atoms with Crippen LogP contribution in [0.3, 0.4) is 0 Å². The molecule has 0 atom stereocenters. The van der Waals surface area contributed by atoms with Gasteiger partial charge >= 0.3 is 5.69 Å². The summed E-state index contributed by atoms with van der Waals surface area (Å²) in [5.74, 6) is 1.07. The molecule has 3 aromatic rings. The maximum absolute atomic E-state index is 12.2. The van der Waals surface area contributed by atoms with Gasteiger partial charge in [0.1, 0.15) is 0 Å². The Morgan fingerprint density at radius 2 is 1.96 bits per heavy atom. The second-order valence-corrected chi connectivity index (χ2v) is 6.24. The van der Waals surface area contributed by atoms with E-state index in [-0.39, 0.29) is 12.0 Å². The maximum Gasteiger partial charge on any atom is 0.328 e. The smallest absolute Gasteiger partial charge is 0.328 e. The highest BCUT2D eigenvalue weighted by Gasteiger charge is 2.14. The lowest BCUT2D eigenvalue weighted by Crippen LogP contribution is -2.36. The van der Waals surface area contributed by atoms with E-state index >= 15 is 0 Å². The van der Waals surface area contributed by atoms with Gasteiger partial charge in [-0.3, -0.25) is 9.36 Å². The molecular weight excluding hydrogens is 328 g/mol. The molecule has 0 amide bonds. The van der Waals surface area contributed by atoms with Crippen molar-refractivity contribution in [1.29, 1.82) is 0 Å². The van der Waals surface area contributed by atoms with Gasteiger partial charge in [0.15, 0.2) is 0 Å². The summed E-state index contributed by atoms with van der Waals surface area (Å²) in [6.07, 6.45) is 0.189. The van der Waals surface area contributed by atoms with Gasteiger partial charge in [-0.25, -0.2) is 4.79 Å². The first kappa shape index (κ1) is 16.3. The SMILES string of the molecule is Cc1[nH]c(=O)n(C)c(=O)c1Cc1nnc(SCc2ccccc2)o1. The van der Waals surface area contributed by atoms with E-state index in [9.17, 15) is 9.59 Å². The van der Waals surface area contributed by atoms with Crippen molar-refractivity contribution in [2.45, 2.75) is 24.3 Å². The van der Waals surface area contributed by atoms with Gasteiger partial charge in [-0.2, -0.15) is 0 Å². The van der Waals surface area contributed by atoms with E-state index in [0.29, 0.717) is 22.4 Å². The molecule has 0 saturated carbocycles. The van der Waals surface area contributed by atoms with E-state index in [0.717, 1.165) is 15.9 Å². The van der Waals surface area contributed by atoms with Crippen LogP contribution in [0.15, 0.2) is 49.6 Å². The Kier molecular flexibility index (Phi) is 4.66. The van der Waals surface area contributed by atoms with E-state index in [1.165, 1.54) is 18.8 Å². The summed E-state index contributed by atoms with van der Waals surface area (Å²) >= 11 is 1.44. The van der Waals surface area contributed by atoms with Crippen molar-refractivity contribution in [1.82, 2.24) is 19.7 Å². The molecule has 0 radical (unpaired) electrons. The second-order valence-electron chi connectivity index (χ2n) is 5.31. The topological polar surface area (TPSA) is 93.8 Å². The number of benzene rings is 1. The molecule has 0 bridgehead atoms. The van der Waals surface area contributed by atoms with Crippen molar-refractivity contribution in [3.8, 4) is 0 Å². The number of nitrogens with zero attached hydrogens (tertiary/aromatic N) is 3. The fraction of sp³-hybridized carbons (Fsp3) is 0.250. The Morgan fingerprint density at radius 3 is 2.71 bits per heavy atom. The first-order valence-corrected chi connectivity index (χ1v) is 8.31. The van der Waals surface area contributed by atoms with Gasteiger partial charge in [-0.1, -0.05) is 42.1 Å². The van der Waals surface area contributed by atoms with Crippen molar-refractivity contribution < 1.29 is 4.42 Å². The lowest BCUT2D eigenvalue weighted by Gasteiger charge is -2.04. The third-order valence-corrected chi connectivity index (χ3v) is 4.49. The third kappa shape index (κ3) is 3.48. The summed E-state index contributed by atoms with van der Waals surface area (Å²) in [6, 6.07) is 9.97. The van der Waals surface area contributed by atoms with Gasteiger partial charge in [0, 0.05) is 24.1 Å². The minimum atomic E-state index is -0.439. The average Bonchev–Trinajstić information content (AvgIpc) is 3.03. The summed E-state index contributed by atoms with van der Waals surface area (Å²) in [5, 5.41) is 8.42. The molecule has 24 heavy (non-hydrogen) atoms. The van der Waals surface area contributed by atoms with Crippen LogP contribution in [-0.4, -0.2) is 19.7 Å². The van der Waals surface area contributed by atoms with Gasteiger partial charge in [-0.15, -0.1) is 10.2 Å². The second kappa shape index (κ2) is 6.88. The summed E-state index contributed by atoms with van der Waals surface area (Å²) in [5.41, 5.74) is 1.33. The first-order valence-electron chi connectivity index (χ1n) is 7.32. The largest absolute Gasteiger partial charge is 0.416 e. The van der Waals surface area contributed by atoms with Crippen LogP contribution < -0.4 is 11.2 Å². The zero-order valence-corrected chi connectivity index (χ0v) is 14.1. The zero-order valence-electron chi connectivity index (χ0n) is 13.3. The standard InChI is InChI=1S/C16H16N4O3S/c1-10-12(14(21)20(2)15(22)17-10)8-13-18-19-16(23-13)24-9-11-6-4-3-5-7-11/h3-7H,8-9H2,1-2H3,(H,17,22). The Morgan fingerprint density at radius 1 is 1.21 bits per heavy atom. The Hall–Kier alpha value is -2.61. The number of aromatic nitrogens is 4. The number of aromatic amines is 1. The zero-order chi connectivity index (χ0) is 17.1. The molecule has 7 nitrogen and oxygen atoms in total. The average molecular weight is 344 g/mol. The van der Waals surface area contributed by atoms with Crippen LogP contribution >= 0.6 is 11.8 Å². The molecule has 8 heteroatoms. The Labute approximate surface area is 141 Å². The molecule has 3 rings (SSSR count). The number of nitrogens with one attached hydrogen (secondary N) is 1. The van der Waals surface area contributed by atoms with Crippen LogP contribution in [0.4, 0.5) is 0 Å². The van der Waals surface area contributed by atoms with Gasteiger partial charge in [0.2, 0.25) is 5.89 Å². The molecule has 0 saturated heterocycles. The Bertz CT molecular complexity index is 959. The molecule has 2 heterocycles. The summed E-state index contributed by atoms with van der Waals surface area (Å²) < 4.78 is 6.62. The molecule has 0 spiro atoms. The van der Waals surface area contributed by atoms with Crippen LogP contribution in [0.1, 0.15) is 22.7 Å². The number of hydrogen-bond acceptors (Lipinski definition) is 6. The minimum absolute atomic E-state index is 0.189. The number of rotatable bonds is 5. The van der Waals surface area contributed by atoms with Crippen LogP contribution in [0.2, 0.25) is 0 Å². The summed E-state index contributed by atoms with van der Waals surface area (Å²) in [6.45, 7) is 1.68. The summed E-state index contributed by atoms with van der Waals surface area (Å²) in [4.78, 5) is 26.4. The molecule has 0 fully saturated rings. The van der Waals surface area contributed by atoms with Gasteiger partial charge < -0.3 is 9.40 Å². The van der Waals surface area contributed by atoms with Gasteiger partial charge in [0.05, 0.1) is 6.42 Å². The molecule has 124 valence electrons. The molecule has 1 N–H and O–H groups in total. The normalized spacial score (nSPS) is 10.9. The Balaban J connectivity index is 1.74. The van der Waals surface area contributed by atoms with Crippen molar-refractivity contribution >= 4 is 11.8 Å². The first-order chi connectivity index (χ1) is 11.5. The third-order valence-electron chi connectivity index (χ3n) is 3.60. The van der Waals surface area contributed by atoms with Gasteiger partial charge in [-0.05, 0) is 12.5 Å².